The van der Waals surface area contributed by atoms with Crippen molar-refractivity contribution in [1.82, 2.24) is 10.9 Å². The first-order chi connectivity index (χ1) is 7.33. The minimum absolute atomic E-state index is 0.292. The Morgan fingerprint density at radius 2 is 2.07 bits per heavy atom. The minimum Gasteiger partial charge on any atom is -0.444 e. The van der Waals surface area contributed by atoms with Crippen molar-refractivity contribution in [2.45, 2.75) is 20.0 Å². The van der Waals surface area contributed by atoms with E-state index in [1.165, 1.54) is 0 Å². The molecule has 0 atom stereocenters. The molecule has 0 spiro atoms. The molecule has 0 aromatic heterocycles. The summed E-state index contributed by atoms with van der Waals surface area (Å²) in [4.78, 5) is 11.1. The Labute approximate surface area is 89.6 Å². The number of hydrogen-bond acceptors (Lipinski definition) is 3. The normalized spacial score (nSPS) is 9.67. The molecule has 2 N–H and O–H groups in total. The second-order valence-corrected chi connectivity index (χ2v) is 3.11. The SMILES string of the molecule is CCCNNC(=O)OCc1ccccc1. The van der Waals surface area contributed by atoms with Gasteiger partial charge in [-0.05, 0) is 12.0 Å². The van der Waals surface area contributed by atoms with Gasteiger partial charge in [-0.3, -0.25) is 5.43 Å². The van der Waals surface area contributed by atoms with Crippen molar-refractivity contribution in [1.29, 1.82) is 0 Å². The maximum atomic E-state index is 11.1. The summed E-state index contributed by atoms with van der Waals surface area (Å²) in [6, 6.07) is 9.56. The third-order valence-electron chi connectivity index (χ3n) is 1.78. The van der Waals surface area contributed by atoms with Crippen LogP contribution < -0.4 is 10.9 Å². The predicted molar refractivity (Wildman–Crippen MR) is 58.1 cm³/mol. The Bertz CT molecular complexity index is 288. The van der Waals surface area contributed by atoms with Gasteiger partial charge in [0, 0.05) is 6.54 Å². The molecule has 0 aliphatic carbocycles. The van der Waals surface area contributed by atoms with Crippen molar-refractivity contribution in [3.8, 4) is 0 Å². The monoisotopic (exact) mass is 208 g/mol. The highest BCUT2D eigenvalue weighted by Gasteiger charge is 2.00. The van der Waals surface area contributed by atoms with Gasteiger partial charge in [0.15, 0.2) is 0 Å². The fourth-order valence-electron chi connectivity index (χ4n) is 1.02. The van der Waals surface area contributed by atoms with Crippen LogP contribution in [0.5, 0.6) is 0 Å². The Balaban J connectivity index is 2.17. The lowest BCUT2D eigenvalue weighted by molar-refractivity contribution is 0.135. The van der Waals surface area contributed by atoms with Gasteiger partial charge in [-0.15, -0.1) is 0 Å². The lowest BCUT2D eigenvalue weighted by atomic mass is 10.2. The van der Waals surface area contributed by atoms with Crippen LogP contribution in [-0.2, 0) is 11.3 Å². The molecular weight excluding hydrogens is 192 g/mol. The summed E-state index contributed by atoms with van der Waals surface area (Å²) in [6.07, 6.45) is 0.506. The molecule has 0 fully saturated rings. The van der Waals surface area contributed by atoms with Gasteiger partial charge in [0.25, 0.3) is 0 Å². The highest BCUT2D eigenvalue weighted by Crippen LogP contribution is 1.99. The van der Waals surface area contributed by atoms with Gasteiger partial charge in [-0.1, -0.05) is 37.3 Å². The minimum atomic E-state index is -0.452. The summed E-state index contributed by atoms with van der Waals surface area (Å²) >= 11 is 0. The summed E-state index contributed by atoms with van der Waals surface area (Å²) in [5.74, 6) is 0. The molecule has 0 bridgehead atoms. The standard InChI is InChI=1S/C11H16N2O2/c1-2-8-12-13-11(14)15-9-10-6-4-3-5-7-10/h3-7,12H,2,8-9H2,1H3,(H,13,14). The van der Waals surface area contributed by atoms with Crippen LogP contribution in [0.4, 0.5) is 4.79 Å². The number of carbonyl (C=O) groups excluding carboxylic acids is 1. The van der Waals surface area contributed by atoms with Crippen molar-refractivity contribution in [3.05, 3.63) is 35.9 Å². The zero-order valence-corrected chi connectivity index (χ0v) is 8.82. The average Bonchev–Trinajstić information content (AvgIpc) is 2.28. The molecule has 0 radical (unpaired) electrons. The van der Waals surface area contributed by atoms with E-state index in [1.54, 1.807) is 0 Å². The summed E-state index contributed by atoms with van der Waals surface area (Å²) in [5.41, 5.74) is 6.16. The first kappa shape index (κ1) is 11.5. The van der Waals surface area contributed by atoms with Crippen LogP contribution in [0.2, 0.25) is 0 Å². The summed E-state index contributed by atoms with van der Waals surface area (Å²) < 4.78 is 4.96. The lowest BCUT2D eigenvalue weighted by Crippen LogP contribution is -2.38. The lowest BCUT2D eigenvalue weighted by Gasteiger charge is -2.07. The van der Waals surface area contributed by atoms with E-state index in [1.807, 2.05) is 37.3 Å². The Morgan fingerprint density at radius 3 is 2.73 bits per heavy atom. The fourth-order valence-corrected chi connectivity index (χ4v) is 1.02. The van der Waals surface area contributed by atoms with E-state index in [2.05, 4.69) is 10.9 Å². The number of nitrogens with one attached hydrogen (secondary N) is 2. The van der Waals surface area contributed by atoms with Crippen LogP contribution in [0.25, 0.3) is 0 Å². The summed E-state index contributed by atoms with van der Waals surface area (Å²) in [7, 11) is 0. The van der Waals surface area contributed by atoms with E-state index < -0.39 is 6.09 Å². The summed E-state index contributed by atoms with van der Waals surface area (Å²) in [5, 5.41) is 0. The Morgan fingerprint density at radius 1 is 1.33 bits per heavy atom. The van der Waals surface area contributed by atoms with Crippen molar-refractivity contribution >= 4 is 6.09 Å². The molecule has 1 aromatic rings. The topological polar surface area (TPSA) is 50.4 Å². The molecule has 1 aromatic carbocycles. The molecule has 1 amide bonds. The first-order valence-electron chi connectivity index (χ1n) is 5.02. The van der Waals surface area contributed by atoms with Gasteiger partial charge in [0.05, 0.1) is 0 Å². The van der Waals surface area contributed by atoms with Crippen LogP contribution in [-0.4, -0.2) is 12.6 Å². The Kier molecular flexibility index (Phi) is 5.25. The first-order valence-corrected chi connectivity index (χ1v) is 5.02. The van der Waals surface area contributed by atoms with Crippen molar-refractivity contribution in [2.75, 3.05) is 6.54 Å². The number of hydrogen-bond donors (Lipinski definition) is 2. The molecular formula is C11H16N2O2. The quantitative estimate of drug-likeness (QED) is 0.573. The predicted octanol–water partition coefficient (Wildman–Crippen LogP) is 1.83. The second-order valence-electron chi connectivity index (χ2n) is 3.11. The number of benzene rings is 1. The van der Waals surface area contributed by atoms with Gasteiger partial charge in [0.1, 0.15) is 6.61 Å². The average molecular weight is 208 g/mol. The molecule has 15 heavy (non-hydrogen) atoms. The number of rotatable bonds is 5. The van der Waals surface area contributed by atoms with E-state index in [0.29, 0.717) is 6.61 Å². The van der Waals surface area contributed by atoms with Crippen LogP contribution in [0.3, 0.4) is 0 Å². The van der Waals surface area contributed by atoms with Gasteiger partial charge in [-0.2, -0.15) is 0 Å². The van der Waals surface area contributed by atoms with Crippen LogP contribution in [0.15, 0.2) is 30.3 Å². The third-order valence-corrected chi connectivity index (χ3v) is 1.78. The third kappa shape index (κ3) is 5.02. The zero-order chi connectivity index (χ0) is 10.9. The molecule has 0 saturated heterocycles. The number of hydrazine groups is 1. The molecule has 0 aliphatic rings. The van der Waals surface area contributed by atoms with Crippen molar-refractivity contribution < 1.29 is 9.53 Å². The molecule has 0 aliphatic heterocycles. The van der Waals surface area contributed by atoms with E-state index in [4.69, 9.17) is 4.74 Å². The van der Waals surface area contributed by atoms with Crippen LogP contribution >= 0.6 is 0 Å². The maximum Gasteiger partial charge on any atom is 0.421 e. The van der Waals surface area contributed by atoms with Gasteiger partial charge >= 0.3 is 6.09 Å². The van der Waals surface area contributed by atoms with Crippen LogP contribution in [0, 0.1) is 0 Å². The summed E-state index contributed by atoms with van der Waals surface area (Å²) in [6.45, 7) is 3.05. The molecule has 0 unspecified atom stereocenters. The van der Waals surface area contributed by atoms with Crippen molar-refractivity contribution in [2.24, 2.45) is 0 Å². The van der Waals surface area contributed by atoms with Gasteiger partial charge < -0.3 is 4.74 Å². The second kappa shape index (κ2) is 6.84. The van der Waals surface area contributed by atoms with E-state index in [-0.39, 0.29) is 0 Å². The maximum absolute atomic E-state index is 11.1. The molecule has 4 heteroatoms. The number of ether oxygens (including phenoxy) is 1. The van der Waals surface area contributed by atoms with Crippen LogP contribution in [0.1, 0.15) is 18.9 Å². The highest BCUT2D eigenvalue weighted by atomic mass is 16.6. The molecule has 1 rings (SSSR count). The van der Waals surface area contributed by atoms with E-state index in [9.17, 15) is 4.79 Å². The fraction of sp³-hybridized carbons (Fsp3) is 0.364. The largest absolute Gasteiger partial charge is 0.444 e. The molecule has 0 saturated carbocycles. The molecule has 0 heterocycles. The number of carbonyl (C=O) groups is 1. The zero-order valence-electron chi connectivity index (χ0n) is 8.82. The molecule has 4 nitrogen and oxygen atoms in total. The number of amides is 1. The highest BCUT2D eigenvalue weighted by molar-refractivity contribution is 5.66. The van der Waals surface area contributed by atoms with Gasteiger partial charge in [-0.25, -0.2) is 10.2 Å². The van der Waals surface area contributed by atoms with E-state index in [0.717, 1.165) is 18.5 Å². The smallest absolute Gasteiger partial charge is 0.421 e. The van der Waals surface area contributed by atoms with Crippen molar-refractivity contribution in [3.63, 3.8) is 0 Å². The Hall–Kier alpha value is -1.55. The molecule has 82 valence electrons. The van der Waals surface area contributed by atoms with Gasteiger partial charge in [0.2, 0.25) is 0 Å². The van der Waals surface area contributed by atoms with E-state index >= 15 is 0 Å².